The van der Waals surface area contributed by atoms with E-state index in [2.05, 4.69) is 15.0 Å². The molecule has 0 aromatic carbocycles. The van der Waals surface area contributed by atoms with E-state index < -0.39 is 10.0 Å². The third-order valence-corrected chi connectivity index (χ3v) is 7.21. The Bertz CT molecular complexity index is 897. The maximum absolute atomic E-state index is 12.7. The molecule has 9 heteroatoms. The van der Waals surface area contributed by atoms with Gasteiger partial charge < -0.3 is 0 Å². The molecule has 2 aromatic heterocycles. The highest BCUT2D eigenvalue weighted by atomic mass is 32.2. The molecule has 1 N–H and O–H groups in total. The summed E-state index contributed by atoms with van der Waals surface area (Å²) in [6.07, 6.45) is 4.23. The van der Waals surface area contributed by atoms with Gasteiger partial charge in [0.1, 0.15) is 0 Å². The van der Waals surface area contributed by atoms with Gasteiger partial charge in [0.2, 0.25) is 10.0 Å². The standard InChI is InChI=1S/C15H21N5O3S/c21-15-9-12(17-14-3-5-16-20(14)15)10-18-8-4-13(11-18)24(22,23)19-6-1-2-7-19/h3,5,9,13,16H,1-2,4,6-8,10-11H2. The highest BCUT2D eigenvalue weighted by Crippen LogP contribution is 2.24. The first-order chi connectivity index (χ1) is 11.5. The molecule has 2 fully saturated rings. The van der Waals surface area contributed by atoms with E-state index in [4.69, 9.17) is 0 Å². The molecule has 1 unspecified atom stereocenters. The predicted molar refractivity (Wildman–Crippen MR) is 89.2 cm³/mol. The van der Waals surface area contributed by atoms with Crippen molar-refractivity contribution in [3.8, 4) is 0 Å². The van der Waals surface area contributed by atoms with Crippen molar-refractivity contribution < 1.29 is 8.42 Å². The summed E-state index contributed by atoms with van der Waals surface area (Å²) in [4.78, 5) is 18.5. The molecule has 2 aliphatic rings. The zero-order chi connectivity index (χ0) is 16.7. The molecule has 8 nitrogen and oxygen atoms in total. The molecule has 0 radical (unpaired) electrons. The number of nitrogens with zero attached hydrogens (tertiary/aromatic N) is 4. The zero-order valence-electron chi connectivity index (χ0n) is 13.4. The minimum atomic E-state index is -3.20. The lowest BCUT2D eigenvalue weighted by Gasteiger charge is -2.21. The Kier molecular flexibility index (Phi) is 3.93. The van der Waals surface area contributed by atoms with Gasteiger partial charge in [-0.1, -0.05) is 0 Å². The van der Waals surface area contributed by atoms with Crippen LogP contribution in [0.3, 0.4) is 0 Å². The smallest absolute Gasteiger partial charge is 0.272 e. The zero-order valence-corrected chi connectivity index (χ0v) is 14.2. The SMILES string of the molecule is O=c1cc(CN2CCC(S(=O)(=O)N3CCCC3)C2)nc2cc[nH]n12. The monoisotopic (exact) mass is 351 g/mol. The predicted octanol–water partition coefficient (Wildman–Crippen LogP) is 0.0225. The molecular weight excluding hydrogens is 330 g/mol. The number of hydrogen-bond donors (Lipinski definition) is 1. The van der Waals surface area contributed by atoms with Crippen molar-refractivity contribution >= 4 is 15.7 Å². The van der Waals surface area contributed by atoms with E-state index in [1.54, 1.807) is 16.6 Å². The molecule has 4 heterocycles. The first-order valence-electron chi connectivity index (χ1n) is 8.31. The minimum absolute atomic E-state index is 0.152. The topological polar surface area (TPSA) is 90.8 Å². The van der Waals surface area contributed by atoms with Crippen LogP contribution in [0.25, 0.3) is 5.65 Å². The van der Waals surface area contributed by atoms with Crippen molar-refractivity contribution in [1.82, 2.24) is 23.8 Å². The number of H-pyrrole nitrogens is 1. The van der Waals surface area contributed by atoms with Gasteiger partial charge in [-0.2, -0.15) is 0 Å². The quantitative estimate of drug-likeness (QED) is 0.839. The lowest BCUT2D eigenvalue weighted by atomic mass is 10.3. The van der Waals surface area contributed by atoms with Gasteiger partial charge in [-0.05, 0) is 25.8 Å². The Morgan fingerprint density at radius 1 is 1.25 bits per heavy atom. The second-order valence-corrected chi connectivity index (χ2v) is 8.75. The molecule has 130 valence electrons. The number of hydrogen-bond acceptors (Lipinski definition) is 5. The van der Waals surface area contributed by atoms with Crippen molar-refractivity contribution in [2.45, 2.75) is 31.1 Å². The van der Waals surface area contributed by atoms with Crippen LogP contribution in [-0.4, -0.2) is 63.6 Å². The van der Waals surface area contributed by atoms with Crippen molar-refractivity contribution in [3.63, 3.8) is 0 Å². The summed E-state index contributed by atoms with van der Waals surface area (Å²) in [5, 5.41) is 2.47. The molecule has 4 rings (SSSR count). The van der Waals surface area contributed by atoms with Crippen molar-refractivity contribution in [2.75, 3.05) is 26.2 Å². The van der Waals surface area contributed by atoms with Gasteiger partial charge >= 0.3 is 0 Å². The summed E-state index contributed by atoms with van der Waals surface area (Å²) in [6.45, 7) is 3.03. The van der Waals surface area contributed by atoms with Gasteiger partial charge in [-0.25, -0.2) is 22.2 Å². The lowest BCUT2D eigenvalue weighted by Crippen LogP contribution is -2.38. The van der Waals surface area contributed by atoms with Crippen LogP contribution in [0.1, 0.15) is 25.0 Å². The average molecular weight is 351 g/mol. The molecular formula is C15H21N5O3S. The number of sulfonamides is 1. The molecule has 0 spiro atoms. The first-order valence-corrected chi connectivity index (χ1v) is 9.82. The van der Waals surface area contributed by atoms with E-state index >= 15 is 0 Å². The van der Waals surface area contributed by atoms with E-state index in [1.165, 1.54) is 10.6 Å². The Morgan fingerprint density at radius 3 is 2.83 bits per heavy atom. The molecule has 0 saturated carbocycles. The normalized spacial score (nSPS) is 23.4. The molecule has 2 aromatic rings. The van der Waals surface area contributed by atoms with Crippen LogP contribution in [0, 0.1) is 0 Å². The fraction of sp³-hybridized carbons (Fsp3) is 0.600. The Balaban J connectivity index is 1.47. The Hall–Kier alpha value is -1.71. The molecule has 0 bridgehead atoms. The van der Waals surface area contributed by atoms with E-state index in [9.17, 15) is 13.2 Å². The van der Waals surface area contributed by atoms with Crippen molar-refractivity contribution in [2.24, 2.45) is 0 Å². The van der Waals surface area contributed by atoms with E-state index in [-0.39, 0.29) is 10.8 Å². The molecule has 2 aliphatic heterocycles. The number of fused-ring (bicyclic) bond motifs is 1. The van der Waals surface area contributed by atoms with Crippen LogP contribution in [0.5, 0.6) is 0 Å². The maximum Gasteiger partial charge on any atom is 0.272 e. The second-order valence-electron chi connectivity index (χ2n) is 6.54. The molecule has 1 atom stereocenters. The molecule has 0 aliphatic carbocycles. The number of likely N-dealkylation sites (tertiary alicyclic amines) is 1. The maximum atomic E-state index is 12.7. The van der Waals surface area contributed by atoms with Gasteiger partial charge in [-0.15, -0.1) is 0 Å². The minimum Gasteiger partial charge on any atom is -0.297 e. The highest BCUT2D eigenvalue weighted by molar-refractivity contribution is 7.89. The fourth-order valence-electron chi connectivity index (χ4n) is 3.62. The lowest BCUT2D eigenvalue weighted by molar-refractivity contribution is 0.326. The average Bonchev–Trinajstić information content (AvgIpc) is 3.29. The van der Waals surface area contributed by atoms with Gasteiger partial charge in [-0.3, -0.25) is 14.8 Å². The molecule has 24 heavy (non-hydrogen) atoms. The number of nitrogens with one attached hydrogen (secondary N) is 1. The molecule has 2 saturated heterocycles. The van der Waals surface area contributed by atoms with Crippen molar-refractivity contribution in [1.29, 1.82) is 0 Å². The van der Waals surface area contributed by atoms with Crippen molar-refractivity contribution in [3.05, 3.63) is 34.4 Å². The van der Waals surface area contributed by atoms with Crippen LogP contribution in [-0.2, 0) is 16.6 Å². The van der Waals surface area contributed by atoms with Crippen LogP contribution in [0.15, 0.2) is 23.1 Å². The highest BCUT2D eigenvalue weighted by Gasteiger charge is 2.38. The summed E-state index contributed by atoms with van der Waals surface area (Å²) in [5.41, 5.74) is 1.11. The van der Waals surface area contributed by atoms with Crippen LogP contribution >= 0.6 is 0 Å². The summed E-state index contributed by atoms with van der Waals surface area (Å²) in [6, 6.07) is 3.25. The number of rotatable bonds is 4. The summed E-state index contributed by atoms with van der Waals surface area (Å²) >= 11 is 0. The summed E-state index contributed by atoms with van der Waals surface area (Å²) in [5.74, 6) is 0. The van der Waals surface area contributed by atoms with Crippen LogP contribution in [0.2, 0.25) is 0 Å². The third kappa shape index (κ3) is 2.76. The summed E-state index contributed by atoms with van der Waals surface area (Å²) < 4.78 is 28.3. The molecule has 0 amide bonds. The largest absolute Gasteiger partial charge is 0.297 e. The van der Waals surface area contributed by atoms with E-state index in [0.29, 0.717) is 50.5 Å². The Morgan fingerprint density at radius 2 is 2.04 bits per heavy atom. The number of aromatic nitrogens is 3. The number of aromatic amines is 1. The van der Waals surface area contributed by atoms with E-state index in [1.807, 2.05) is 0 Å². The first kappa shape index (κ1) is 15.8. The second kappa shape index (κ2) is 5.98. The van der Waals surface area contributed by atoms with Gasteiger partial charge in [0, 0.05) is 44.5 Å². The fourth-order valence-corrected chi connectivity index (χ4v) is 5.62. The van der Waals surface area contributed by atoms with Crippen LogP contribution in [0.4, 0.5) is 0 Å². The van der Waals surface area contributed by atoms with Gasteiger partial charge in [0.15, 0.2) is 5.65 Å². The van der Waals surface area contributed by atoms with Gasteiger partial charge in [0.05, 0.1) is 10.9 Å². The van der Waals surface area contributed by atoms with E-state index in [0.717, 1.165) is 12.8 Å². The van der Waals surface area contributed by atoms with Gasteiger partial charge in [0.25, 0.3) is 5.56 Å². The third-order valence-electron chi connectivity index (χ3n) is 4.89. The summed E-state index contributed by atoms with van der Waals surface area (Å²) in [7, 11) is -3.20. The van der Waals surface area contributed by atoms with Crippen LogP contribution < -0.4 is 5.56 Å². The Labute approximate surface area is 140 Å².